The maximum absolute atomic E-state index is 13.5. The van der Waals surface area contributed by atoms with Crippen molar-refractivity contribution in [2.24, 2.45) is 7.05 Å². The molecule has 1 N–H and O–H groups in total. The fourth-order valence-corrected chi connectivity index (χ4v) is 10.9. The van der Waals surface area contributed by atoms with Crippen molar-refractivity contribution in [2.45, 2.75) is 65.6 Å². The number of hydrogen-bond donors (Lipinski definition) is 1. The molecule has 0 amide bonds. The maximum Gasteiger partial charge on any atom is 0.352 e. The number of unbranched alkanes of at least 4 members (excludes halogenated alkanes) is 2. The van der Waals surface area contributed by atoms with Gasteiger partial charge in [-0.2, -0.15) is 22.1 Å². The van der Waals surface area contributed by atoms with Crippen LogP contribution in [-0.4, -0.2) is 138 Å². The van der Waals surface area contributed by atoms with Crippen molar-refractivity contribution in [2.75, 3.05) is 84.5 Å². The Hall–Kier alpha value is -5.45. The Bertz CT molecular complexity index is 2730. The van der Waals surface area contributed by atoms with Gasteiger partial charge in [0.2, 0.25) is 0 Å². The molecule has 2 saturated heterocycles. The van der Waals surface area contributed by atoms with Crippen molar-refractivity contribution in [3.63, 3.8) is 0 Å². The lowest BCUT2D eigenvalue weighted by Gasteiger charge is -2.37. The standard InChI is InChI=1S/C51H66N8O6S/c1-37(2)56-28-25-55(26-29-56)27-34-59-49-43(44(50(59)51(60)61)17-8-7-11-35-64-47-20-12-15-39-14-9-10-16-42(39)47)18-13-19-45(49)48-38(3)52-54(6)46(48)36-65-41-23-21-40(22-24-41)57-30-32-58(33-31-57)66(62,63)53(4)5/h9-10,12-16,18-24,37H,7-8,11,17,25-36H2,1-6H3,(H,60,61). The molecule has 0 unspecified atom stereocenters. The van der Waals surface area contributed by atoms with Crippen molar-refractivity contribution in [1.82, 2.24) is 32.8 Å². The number of rotatable bonds is 19. The van der Waals surface area contributed by atoms with Crippen LogP contribution in [0.2, 0.25) is 0 Å². The molecule has 15 heteroatoms. The summed E-state index contributed by atoms with van der Waals surface area (Å²) in [6.45, 7) is 14.6. The van der Waals surface area contributed by atoms with Gasteiger partial charge in [-0.05, 0) is 87.7 Å². The van der Waals surface area contributed by atoms with Crippen LogP contribution < -0.4 is 14.4 Å². The Morgan fingerprint density at radius 3 is 2.21 bits per heavy atom. The first-order chi connectivity index (χ1) is 31.8. The predicted octanol–water partition coefficient (Wildman–Crippen LogP) is 7.53. The normalized spacial score (nSPS) is 15.7. The van der Waals surface area contributed by atoms with Gasteiger partial charge in [0.1, 0.15) is 23.8 Å². The molecule has 0 spiro atoms. The Kier molecular flexibility index (Phi) is 14.7. The molecule has 0 saturated carbocycles. The number of piperazine rings is 2. The summed E-state index contributed by atoms with van der Waals surface area (Å²) in [7, 11) is 1.61. The minimum absolute atomic E-state index is 0.254. The summed E-state index contributed by atoms with van der Waals surface area (Å²) < 4.78 is 44.8. The van der Waals surface area contributed by atoms with Gasteiger partial charge in [0.25, 0.3) is 10.2 Å². The highest BCUT2D eigenvalue weighted by molar-refractivity contribution is 7.86. The largest absolute Gasteiger partial charge is 0.493 e. The monoisotopic (exact) mass is 918 g/mol. The van der Waals surface area contributed by atoms with Gasteiger partial charge in [-0.3, -0.25) is 14.5 Å². The van der Waals surface area contributed by atoms with Crippen molar-refractivity contribution < 1.29 is 27.8 Å². The molecular weight excluding hydrogens is 853 g/mol. The van der Waals surface area contributed by atoms with Crippen LogP contribution in [0, 0.1) is 6.92 Å². The fraction of sp³-hybridized carbons (Fsp3) is 0.451. The highest BCUT2D eigenvalue weighted by atomic mass is 32.2. The van der Waals surface area contributed by atoms with Crippen LogP contribution in [-0.2, 0) is 36.8 Å². The summed E-state index contributed by atoms with van der Waals surface area (Å²) >= 11 is 0. The number of hydrogen-bond acceptors (Lipinski definition) is 9. The summed E-state index contributed by atoms with van der Waals surface area (Å²) in [6, 6.07) is 29.1. The van der Waals surface area contributed by atoms with Crippen LogP contribution in [0.25, 0.3) is 32.8 Å². The zero-order valence-electron chi connectivity index (χ0n) is 39.4. The van der Waals surface area contributed by atoms with Crippen LogP contribution in [0.5, 0.6) is 11.5 Å². The number of carbonyl (C=O) groups is 1. The van der Waals surface area contributed by atoms with Crippen LogP contribution >= 0.6 is 0 Å². The maximum atomic E-state index is 13.5. The number of aromatic nitrogens is 3. The molecule has 8 rings (SSSR count). The number of aryl methyl sites for hydroxylation is 3. The number of benzene rings is 4. The smallest absolute Gasteiger partial charge is 0.352 e. The van der Waals surface area contributed by atoms with Gasteiger partial charge < -0.3 is 24.0 Å². The Balaban J connectivity index is 1.03. The van der Waals surface area contributed by atoms with E-state index in [0.717, 1.165) is 113 Å². The van der Waals surface area contributed by atoms with E-state index in [2.05, 4.69) is 63.4 Å². The summed E-state index contributed by atoms with van der Waals surface area (Å²) in [5, 5.41) is 19.2. The summed E-state index contributed by atoms with van der Waals surface area (Å²) in [5.74, 6) is 0.681. The van der Waals surface area contributed by atoms with E-state index in [1.807, 2.05) is 73.3 Å². The Morgan fingerprint density at radius 2 is 1.50 bits per heavy atom. The molecule has 2 aliphatic heterocycles. The first-order valence-corrected chi connectivity index (χ1v) is 24.8. The van der Waals surface area contributed by atoms with Crippen molar-refractivity contribution in [3.8, 4) is 22.6 Å². The second-order valence-electron chi connectivity index (χ2n) is 18.1. The van der Waals surface area contributed by atoms with Gasteiger partial charge in [0, 0.05) is 120 Å². The van der Waals surface area contributed by atoms with Crippen molar-refractivity contribution >= 4 is 43.5 Å². The third kappa shape index (κ3) is 10.1. The molecule has 0 bridgehead atoms. The van der Waals surface area contributed by atoms with E-state index in [4.69, 9.17) is 14.6 Å². The molecular formula is C51H66N8O6S. The second kappa shape index (κ2) is 20.6. The molecule has 0 atom stereocenters. The van der Waals surface area contributed by atoms with E-state index in [-0.39, 0.29) is 6.61 Å². The lowest BCUT2D eigenvalue weighted by atomic mass is 9.98. The minimum Gasteiger partial charge on any atom is -0.493 e. The number of aromatic carboxylic acids is 1. The zero-order chi connectivity index (χ0) is 46.5. The number of carboxylic acid groups (broad SMARTS) is 1. The number of ether oxygens (including phenoxy) is 2. The summed E-state index contributed by atoms with van der Waals surface area (Å²) in [6.07, 6.45) is 3.23. The van der Waals surface area contributed by atoms with Gasteiger partial charge >= 0.3 is 5.97 Å². The van der Waals surface area contributed by atoms with Gasteiger partial charge in [0.05, 0.1) is 23.5 Å². The van der Waals surface area contributed by atoms with E-state index in [1.54, 1.807) is 14.1 Å². The molecule has 4 aromatic carbocycles. The Labute approximate surface area is 390 Å². The molecule has 352 valence electrons. The first-order valence-electron chi connectivity index (χ1n) is 23.4. The molecule has 66 heavy (non-hydrogen) atoms. The second-order valence-corrected chi connectivity index (χ2v) is 20.2. The lowest BCUT2D eigenvalue weighted by molar-refractivity contribution is 0.0681. The Morgan fingerprint density at radius 1 is 0.803 bits per heavy atom. The third-order valence-electron chi connectivity index (χ3n) is 13.5. The number of nitrogens with zero attached hydrogens (tertiary/aromatic N) is 8. The van der Waals surface area contributed by atoms with Gasteiger partial charge in [0.15, 0.2) is 0 Å². The summed E-state index contributed by atoms with van der Waals surface area (Å²) in [4.78, 5) is 20.7. The molecule has 0 radical (unpaired) electrons. The minimum atomic E-state index is -3.44. The van der Waals surface area contributed by atoms with E-state index in [0.29, 0.717) is 63.2 Å². The molecule has 0 aliphatic carbocycles. The summed E-state index contributed by atoms with van der Waals surface area (Å²) in [5.41, 5.74) is 6.80. The van der Waals surface area contributed by atoms with Gasteiger partial charge in [-0.15, -0.1) is 0 Å². The van der Waals surface area contributed by atoms with E-state index < -0.39 is 16.2 Å². The average Bonchev–Trinajstić information content (AvgIpc) is 3.80. The molecule has 2 aromatic heterocycles. The van der Waals surface area contributed by atoms with Crippen LogP contribution in [0.1, 0.15) is 60.5 Å². The number of carboxylic acids is 1. The van der Waals surface area contributed by atoms with E-state index >= 15 is 0 Å². The van der Waals surface area contributed by atoms with E-state index in [1.165, 1.54) is 8.61 Å². The van der Waals surface area contributed by atoms with Crippen LogP contribution in [0.3, 0.4) is 0 Å². The third-order valence-corrected chi connectivity index (χ3v) is 15.4. The first kappa shape index (κ1) is 47.1. The SMILES string of the molecule is Cc1nn(C)c(COc2ccc(N3CCN(S(=O)(=O)N(C)C)CC3)cc2)c1-c1cccc2c(CCCCCOc3cccc4ccccc34)c(C(=O)O)n(CCN3CCN(C(C)C)CC3)c12. The molecule has 6 aromatic rings. The van der Waals surface area contributed by atoms with Crippen molar-refractivity contribution in [1.29, 1.82) is 0 Å². The van der Waals surface area contributed by atoms with Crippen LogP contribution in [0.15, 0.2) is 84.9 Å². The number of fused-ring (bicyclic) bond motifs is 2. The topological polar surface area (TPSA) is 129 Å². The number of anilines is 1. The average molecular weight is 919 g/mol. The van der Waals surface area contributed by atoms with E-state index in [9.17, 15) is 18.3 Å². The highest BCUT2D eigenvalue weighted by Gasteiger charge is 2.30. The molecule has 14 nitrogen and oxygen atoms in total. The fourth-order valence-electron chi connectivity index (χ4n) is 9.77. The number of para-hydroxylation sites is 1. The lowest BCUT2D eigenvalue weighted by Crippen LogP contribution is -2.51. The van der Waals surface area contributed by atoms with Gasteiger partial charge in [-0.25, -0.2) is 4.79 Å². The highest BCUT2D eigenvalue weighted by Crippen LogP contribution is 2.39. The van der Waals surface area contributed by atoms with Gasteiger partial charge in [-0.1, -0.05) is 54.6 Å². The van der Waals surface area contributed by atoms with Crippen LogP contribution in [0.4, 0.5) is 5.69 Å². The molecule has 2 fully saturated rings. The molecule has 2 aliphatic rings. The predicted molar refractivity (Wildman–Crippen MR) is 263 cm³/mol. The van der Waals surface area contributed by atoms with Crippen molar-refractivity contribution in [3.05, 3.63) is 108 Å². The molecule has 4 heterocycles. The quantitative estimate of drug-likeness (QED) is 0.0815. The zero-order valence-corrected chi connectivity index (χ0v) is 40.3.